The zero-order valence-corrected chi connectivity index (χ0v) is 16.1. The number of nitrogens with one attached hydrogen (secondary N) is 1. The van der Waals surface area contributed by atoms with Crippen LogP contribution in [0, 0.1) is 0 Å². The molecule has 0 spiro atoms. The Kier molecular flexibility index (Phi) is 5.63. The van der Waals surface area contributed by atoms with Crippen LogP contribution >= 0.6 is 0 Å². The molecule has 28 heavy (non-hydrogen) atoms. The molecule has 0 saturated carbocycles. The number of pyridine rings is 2. The van der Waals surface area contributed by atoms with Crippen molar-refractivity contribution in [3.63, 3.8) is 0 Å². The lowest BCUT2D eigenvalue weighted by atomic mass is 9.89. The highest BCUT2D eigenvalue weighted by Crippen LogP contribution is 2.32. The van der Waals surface area contributed by atoms with Gasteiger partial charge in [0, 0.05) is 37.5 Å². The highest BCUT2D eigenvalue weighted by atomic mass is 16.5. The maximum Gasteiger partial charge on any atom is 0.269 e. The van der Waals surface area contributed by atoms with E-state index in [1.165, 1.54) is 5.56 Å². The van der Waals surface area contributed by atoms with Gasteiger partial charge in [-0.25, -0.2) is 4.98 Å². The molecule has 0 bridgehead atoms. The van der Waals surface area contributed by atoms with E-state index in [1.807, 2.05) is 36.5 Å². The summed E-state index contributed by atoms with van der Waals surface area (Å²) in [5, 5.41) is 4.08. The molecule has 1 amide bonds. The molecule has 0 aliphatic carbocycles. The number of aromatic nitrogens is 2. The van der Waals surface area contributed by atoms with Gasteiger partial charge in [0.15, 0.2) is 0 Å². The number of nitrogens with zero attached hydrogens (tertiary/aromatic N) is 2. The summed E-state index contributed by atoms with van der Waals surface area (Å²) in [6.07, 6.45) is 5.49. The molecular formula is C23H25N3O2. The molecule has 4 rings (SSSR count). The monoisotopic (exact) mass is 375 g/mol. The lowest BCUT2D eigenvalue weighted by Crippen LogP contribution is -2.28. The van der Waals surface area contributed by atoms with Gasteiger partial charge in [0.2, 0.25) is 0 Å². The van der Waals surface area contributed by atoms with Gasteiger partial charge in [-0.15, -0.1) is 0 Å². The van der Waals surface area contributed by atoms with Crippen LogP contribution in [0.4, 0.5) is 0 Å². The molecule has 1 atom stereocenters. The molecule has 5 nitrogen and oxygen atoms in total. The van der Waals surface area contributed by atoms with E-state index in [0.29, 0.717) is 18.2 Å². The molecule has 0 radical (unpaired) electrons. The molecule has 1 N–H and O–H groups in total. The zero-order chi connectivity index (χ0) is 19.3. The number of ether oxygens (including phenoxy) is 1. The minimum Gasteiger partial charge on any atom is -0.381 e. The van der Waals surface area contributed by atoms with Crippen LogP contribution in [-0.4, -0.2) is 35.6 Å². The first kappa shape index (κ1) is 18.6. The third-order valence-corrected chi connectivity index (χ3v) is 5.47. The Balaban J connectivity index is 1.56. The lowest BCUT2D eigenvalue weighted by Gasteiger charge is -2.24. The summed E-state index contributed by atoms with van der Waals surface area (Å²) in [5.74, 6) is 0.484. The number of rotatable bonds is 5. The Morgan fingerprint density at radius 2 is 2.00 bits per heavy atom. The second-order valence-corrected chi connectivity index (χ2v) is 7.40. The van der Waals surface area contributed by atoms with Crippen LogP contribution in [-0.2, 0) is 4.74 Å². The van der Waals surface area contributed by atoms with Gasteiger partial charge < -0.3 is 10.1 Å². The fourth-order valence-electron chi connectivity index (χ4n) is 3.79. The number of benzene rings is 1. The van der Waals surface area contributed by atoms with E-state index in [-0.39, 0.29) is 11.8 Å². The number of hydrogen-bond acceptors (Lipinski definition) is 4. The second-order valence-electron chi connectivity index (χ2n) is 7.40. The topological polar surface area (TPSA) is 64.1 Å². The number of fused-ring (bicyclic) bond motifs is 1. The van der Waals surface area contributed by atoms with Crippen LogP contribution in [0.25, 0.3) is 10.9 Å². The van der Waals surface area contributed by atoms with Gasteiger partial charge in [0.25, 0.3) is 5.91 Å². The highest BCUT2D eigenvalue weighted by Gasteiger charge is 2.21. The van der Waals surface area contributed by atoms with Gasteiger partial charge in [-0.1, -0.05) is 37.3 Å². The van der Waals surface area contributed by atoms with Crippen molar-refractivity contribution in [3.05, 3.63) is 71.7 Å². The van der Waals surface area contributed by atoms with Crippen molar-refractivity contribution >= 4 is 16.8 Å². The summed E-state index contributed by atoms with van der Waals surface area (Å²) < 4.78 is 5.51. The Labute approximate surface area is 165 Å². The van der Waals surface area contributed by atoms with Gasteiger partial charge in [0.1, 0.15) is 5.69 Å². The third kappa shape index (κ3) is 4.04. The fraction of sp³-hybridized carbons (Fsp3) is 0.348. The Morgan fingerprint density at radius 3 is 2.79 bits per heavy atom. The second kappa shape index (κ2) is 8.48. The molecule has 1 fully saturated rings. The average Bonchev–Trinajstić information content (AvgIpc) is 2.77. The summed E-state index contributed by atoms with van der Waals surface area (Å²) in [7, 11) is 0. The quantitative estimate of drug-likeness (QED) is 0.730. The summed E-state index contributed by atoms with van der Waals surface area (Å²) >= 11 is 0. The van der Waals surface area contributed by atoms with Crippen LogP contribution in [0.3, 0.4) is 0 Å². The van der Waals surface area contributed by atoms with Crippen molar-refractivity contribution in [2.45, 2.75) is 31.6 Å². The molecule has 144 valence electrons. The fourth-order valence-corrected chi connectivity index (χ4v) is 3.79. The molecule has 1 aromatic carbocycles. The van der Waals surface area contributed by atoms with E-state index < -0.39 is 0 Å². The number of carbonyl (C=O) groups is 1. The van der Waals surface area contributed by atoms with Crippen LogP contribution in [0.2, 0.25) is 0 Å². The van der Waals surface area contributed by atoms with E-state index in [0.717, 1.165) is 42.5 Å². The minimum atomic E-state index is -0.130. The SMILES string of the molecule is C[C@H](CNC(=O)c1cc(C2CCOCC2)c2cnccc2n1)c1ccccc1. The average molecular weight is 375 g/mol. The summed E-state index contributed by atoms with van der Waals surface area (Å²) in [5.41, 5.74) is 3.66. The zero-order valence-electron chi connectivity index (χ0n) is 16.1. The van der Waals surface area contributed by atoms with Crippen molar-refractivity contribution in [3.8, 4) is 0 Å². The summed E-state index contributed by atoms with van der Waals surface area (Å²) in [4.78, 5) is 21.7. The van der Waals surface area contributed by atoms with E-state index in [1.54, 1.807) is 6.20 Å². The van der Waals surface area contributed by atoms with E-state index in [4.69, 9.17) is 4.74 Å². The van der Waals surface area contributed by atoms with Crippen molar-refractivity contribution < 1.29 is 9.53 Å². The summed E-state index contributed by atoms with van der Waals surface area (Å²) in [6, 6.07) is 14.0. The Bertz CT molecular complexity index is 952. The van der Waals surface area contributed by atoms with Gasteiger partial charge in [-0.05, 0) is 47.9 Å². The number of amides is 1. The molecule has 3 aromatic rings. The third-order valence-electron chi connectivity index (χ3n) is 5.47. The molecule has 2 aromatic heterocycles. The van der Waals surface area contributed by atoms with Crippen molar-refractivity contribution in [1.29, 1.82) is 0 Å². The van der Waals surface area contributed by atoms with E-state index in [9.17, 15) is 4.79 Å². The van der Waals surface area contributed by atoms with E-state index in [2.05, 4.69) is 34.3 Å². The Hall–Kier alpha value is -2.79. The first-order valence-corrected chi connectivity index (χ1v) is 9.88. The molecule has 1 saturated heterocycles. The van der Waals surface area contributed by atoms with Crippen LogP contribution < -0.4 is 5.32 Å². The van der Waals surface area contributed by atoms with E-state index >= 15 is 0 Å². The maximum atomic E-state index is 12.8. The normalized spacial score (nSPS) is 16.0. The largest absolute Gasteiger partial charge is 0.381 e. The first-order valence-electron chi connectivity index (χ1n) is 9.88. The number of hydrogen-bond donors (Lipinski definition) is 1. The highest BCUT2D eigenvalue weighted by molar-refractivity contribution is 5.96. The Morgan fingerprint density at radius 1 is 1.21 bits per heavy atom. The smallest absolute Gasteiger partial charge is 0.269 e. The standard InChI is InChI=1S/C23H25N3O2/c1-16(17-5-3-2-4-6-17)14-25-23(27)22-13-19(18-8-11-28-12-9-18)20-15-24-10-7-21(20)26-22/h2-7,10,13,15-16,18H,8-9,11-12,14H2,1H3,(H,25,27)/t16-/m1/s1. The van der Waals surface area contributed by atoms with Gasteiger partial charge in [-0.3, -0.25) is 9.78 Å². The van der Waals surface area contributed by atoms with Crippen molar-refractivity contribution in [1.82, 2.24) is 15.3 Å². The molecule has 3 heterocycles. The molecule has 1 aliphatic heterocycles. The maximum absolute atomic E-state index is 12.8. The molecule has 5 heteroatoms. The molecule has 0 unspecified atom stereocenters. The van der Waals surface area contributed by atoms with Gasteiger partial charge in [-0.2, -0.15) is 0 Å². The predicted molar refractivity (Wildman–Crippen MR) is 110 cm³/mol. The van der Waals surface area contributed by atoms with Crippen LogP contribution in [0.1, 0.15) is 53.2 Å². The van der Waals surface area contributed by atoms with Crippen LogP contribution in [0.15, 0.2) is 54.9 Å². The van der Waals surface area contributed by atoms with Crippen molar-refractivity contribution in [2.75, 3.05) is 19.8 Å². The number of carbonyl (C=O) groups excluding carboxylic acids is 1. The van der Waals surface area contributed by atoms with Gasteiger partial charge in [0.05, 0.1) is 5.52 Å². The predicted octanol–water partition coefficient (Wildman–Crippen LogP) is 4.06. The molecular weight excluding hydrogens is 350 g/mol. The van der Waals surface area contributed by atoms with Gasteiger partial charge >= 0.3 is 0 Å². The summed E-state index contributed by atoms with van der Waals surface area (Å²) in [6.45, 7) is 4.20. The van der Waals surface area contributed by atoms with Crippen molar-refractivity contribution in [2.24, 2.45) is 0 Å². The van der Waals surface area contributed by atoms with Crippen LogP contribution in [0.5, 0.6) is 0 Å². The molecule has 1 aliphatic rings. The lowest BCUT2D eigenvalue weighted by molar-refractivity contribution is 0.0855. The minimum absolute atomic E-state index is 0.130. The first-order chi connectivity index (χ1) is 13.7.